The number of nitrogens with zero attached hydrogens (tertiary/aromatic N) is 3. The maximum atomic E-state index is 9.04. The van der Waals surface area contributed by atoms with E-state index in [1.807, 2.05) is 38.4 Å². The first kappa shape index (κ1) is 10.8. The van der Waals surface area contributed by atoms with Gasteiger partial charge in [0.25, 0.3) is 0 Å². The summed E-state index contributed by atoms with van der Waals surface area (Å²) < 4.78 is 1.76. The summed E-state index contributed by atoms with van der Waals surface area (Å²) in [5.74, 6) is 0. The van der Waals surface area contributed by atoms with Crippen molar-refractivity contribution >= 4 is 11.8 Å². The molecule has 0 bridgehead atoms. The third kappa shape index (κ3) is 2.10. The Kier molecular flexibility index (Phi) is 2.97. The third-order valence-corrected chi connectivity index (χ3v) is 3.43. The number of hydrogen-bond donors (Lipinski definition) is 0. The Morgan fingerprint density at radius 2 is 2.25 bits per heavy atom. The van der Waals surface area contributed by atoms with E-state index in [1.54, 1.807) is 22.6 Å². The Morgan fingerprint density at radius 3 is 2.88 bits per heavy atom. The monoisotopic (exact) mass is 229 g/mol. The number of aryl methyl sites for hydroxylation is 2. The molecule has 0 aliphatic heterocycles. The van der Waals surface area contributed by atoms with Crippen molar-refractivity contribution in [2.45, 2.75) is 16.7 Å². The van der Waals surface area contributed by atoms with Gasteiger partial charge in [-0.2, -0.15) is 10.4 Å². The number of nitriles is 1. The molecule has 0 amide bonds. The van der Waals surface area contributed by atoms with Gasteiger partial charge in [0.15, 0.2) is 0 Å². The Morgan fingerprint density at radius 1 is 1.44 bits per heavy atom. The van der Waals surface area contributed by atoms with E-state index in [9.17, 15) is 0 Å². The van der Waals surface area contributed by atoms with Gasteiger partial charge in [-0.05, 0) is 18.6 Å². The molecule has 0 aliphatic rings. The molecular weight excluding hydrogens is 218 g/mol. The zero-order chi connectivity index (χ0) is 11.5. The lowest BCUT2D eigenvalue weighted by Crippen LogP contribution is -1.85. The number of benzene rings is 1. The van der Waals surface area contributed by atoms with Gasteiger partial charge >= 0.3 is 0 Å². The molecule has 2 rings (SSSR count). The van der Waals surface area contributed by atoms with Crippen LogP contribution in [0.2, 0.25) is 0 Å². The van der Waals surface area contributed by atoms with E-state index in [-0.39, 0.29) is 0 Å². The summed E-state index contributed by atoms with van der Waals surface area (Å²) in [7, 11) is 1.88. The van der Waals surface area contributed by atoms with Crippen LogP contribution in [-0.4, -0.2) is 9.78 Å². The van der Waals surface area contributed by atoms with E-state index in [4.69, 9.17) is 5.26 Å². The van der Waals surface area contributed by atoms with Crippen molar-refractivity contribution in [3.05, 3.63) is 41.7 Å². The Bertz CT molecular complexity index is 552. The molecule has 0 N–H and O–H groups in total. The number of hydrogen-bond acceptors (Lipinski definition) is 3. The highest BCUT2D eigenvalue weighted by atomic mass is 32.2. The second-order valence-corrected chi connectivity index (χ2v) is 4.60. The Labute approximate surface area is 98.7 Å². The lowest BCUT2D eigenvalue weighted by molar-refractivity contribution is 0.766. The Hall–Kier alpha value is -1.73. The summed E-state index contributed by atoms with van der Waals surface area (Å²) in [6.07, 6.45) is 3.75. The predicted octanol–water partition coefficient (Wildman–Crippen LogP) is 2.75. The fourth-order valence-electron chi connectivity index (χ4n) is 1.45. The van der Waals surface area contributed by atoms with Gasteiger partial charge < -0.3 is 0 Å². The van der Waals surface area contributed by atoms with Gasteiger partial charge in [0.2, 0.25) is 0 Å². The van der Waals surface area contributed by atoms with Crippen LogP contribution in [0.15, 0.2) is 40.4 Å². The van der Waals surface area contributed by atoms with Gasteiger partial charge in [0, 0.05) is 18.1 Å². The van der Waals surface area contributed by atoms with E-state index in [0.717, 1.165) is 15.4 Å². The summed E-state index contributed by atoms with van der Waals surface area (Å²) in [5, 5.41) is 13.2. The average Bonchev–Trinajstić information content (AvgIpc) is 2.67. The van der Waals surface area contributed by atoms with Crippen molar-refractivity contribution in [1.82, 2.24) is 9.78 Å². The van der Waals surface area contributed by atoms with Crippen LogP contribution in [0.1, 0.15) is 11.1 Å². The van der Waals surface area contributed by atoms with Gasteiger partial charge in [0.05, 0.1) is 16.7 Å². The van der Waals surface area contributed by atoms with Crippen molar-refractivity contribution < 1.29 is 0 Å². The molecular formula is C12H11N3S. The minimum Gasteiger partial charge on any atom is -0.275 e. The maximum Gasteiger partial charge on any atom is 0.100 e. The van der Waals surface area contributed by atoms with Crippen LogP contribution in [0.4, 0.5) is 0 Å². The van der Waals surface area contributed by atoms with Crippen molar-refractivity contribution in [2.75, 3.05) is 0 Å². The summed E-state index contributed by atoms with van der Waals surface area (Å²) in [5.41, 5.74) is 1.83. The largest absolute Gasteiger partial charge is 0.275 e. The molecule has 3 nitrogen and oxygen atoms in total. The molecule has 0 radical (unpaired) electrons. The molecule has 0 atom stereocenters. The van der Waals surface area contributed by atoms with Crippen molar-refractivity contribution in [3.63, 3.8) is 0 Å². The van der Waals surface area contributed by atoms with E-state index in [1.165, 1.54) is 0 Å². The number of aromatic nitrogens is 2. The second kappa shape index (κ2) is 4.42. The first-order valence-electron chi connectivity index (χ1n) is 4.87. The number of rotatable bonds is 2. The second-order valence-electron chi connectivity index (χ2n) is 3.52. The van der Waals surface area contributed by atoms with E-state index in [0.29, 0.717) is 5.56 Å². The van der Waals surface area contributed by atoms with E-state index < -0.39 is 0 Å². The lowest BCUT2D eigenvalue weighted by atomic mass is 10.1. The quantitative estimate of drug-likeness (QED) is 0.795. The summed E-state index contributed by atoms with van der Waals surface area (Å²) in [6, 6.07) is 7.97. The standard InChI is InChI=1S/C12H11N3S/c1-9-4-3-5-10(6-13)12(9)16-11-7-14-15(2)8-11/h3-5,7-8H,1-2H3. The van der Waals surface area contributed by atoms with Gasteiger partial charge in [-0.15, -0.1) is 0 Å². The third-order valence-electron chi connectivity index (χ3n) is 2.23. The van der Waals surface area contributed by atoms with Crippen LogP contribution in [0.5, 0.6) is 0 Å². The zero-order valence-corrected chi connectivity index (χ0v) is 9.95. The van der Waals surface area contributed by atoms with Gasteiger partial charge in [-0.25, -0.2) is 0 Å². The minimum absolute atomic E-state index is 0.717. The predicted molar refractivity (Wildman–Crippen MR) is 63.2 cm³/mol. The fraction of sp³-hybridized carbons (Fsp3) is 0.167. The molecule has 0 aliphatic carbocycles. The molecule has 0 unspecified atom stereocenters. The highest BCUT2D eigenvalue weighted by Crippen LogP contribution is 2.32. The lowest BCUT2D eigenvalue weighted by Gasteiger charge is -2.05. The van der Waals surface area contributed by atoms with Gasteiger partial charge in [0.1, 0.15) is 6.07 Å². The minimum atomic E-state index is 0.717. The van der Waals surface area contributed by atoms with Crippen molar-refractivity contribution in [2.24, 2.45) is 7.05 Å². The summed E-state index contributed by atoms with van der Waals surface area (Å²) >= 11 is 1.58. The highest BCUT2D eigenvalue weighted by Gasteiger charge is 2.07. The Balaban J connectivity index is 2.38. The summed E-state index contributed by atoms with van der Waals surface area (Å²) in [4.78, 5) is 2.06. The molecule has 0 spiro atoms. The normalized spacial score (nSPS) is 10.1. The zero-order valence-electron chi connectivity index (χ0n) is 9.14. The molecule has 1 aromatic heterocycles. The van der Waals surface area contributed by atoms with Crippen LogP contribution < -0.4 is 0 Å². The molecule has 0 saturated heterocycles. The first-order chi connectivity index (χ1) is 7.70. The van der Waals surface area contributed by atoms with Crippen LogP contribution in [0.25, 0.3) is 0 Å². The molecule has 2 aromatic rings. The highest BCUT2D eigenvalue weighted by molar-refractivity contribution is 7.99. The summed E-state index contributed by atoms with van der Waals surface area (Å²) in [6.45, 7) is 2.01. The van der Waals surface area contributed by atoms with Crippen LogP contribution >= 0.6 is 11.8 Å². The van der Waals surface area contributed by atoms with E-state index >= 15 is 0 Å². The molecule has 0 saturated carbocycles. The van der Waals surface area contributed by atoms with Crippen molar-refractivity contribution in [3.8, 4) is 6.07 Å². The fourth-order valence-corrected chi connectivity index (χ4v) is 2.44. The van der Waals surface area contributed by atoms with Gasteiger partial charge in [-0.1, -0.05) is 23.9 Å². The van der Waals surface area contributed by atoms with Crippen LogP contribution in [-0.2, 0) is 7.05 Å². The average molecular weight is 229 g/mol. The van der Waals surface area contributed by atoms with Crippen LogP contribution in [0, 0.1) is 18.3 Å². The van der Waals surface area contributed by atoms with Crippen molar-refractivity contribution in [1.29, 1.82) is 5.26 Å². The first-order valence-corrected chi connectivity index (χ1v) is 5.68. The van der Waals surface area contributed by atoms with E-state index in [2.05, 4.69) is 11.2 Å². The van der Waals surface area contributed by atoms with Gasteiger partial charge in [-0.3, -0.25) is 4.68 Å². The molecule has 80 valence electrons. The molecule has 0 fully saturated rings. The molecule has 4 heteroatoms. The smallest absolute Gasteiger partial charge is 0.100 e. The molecule has 16 heavy (non-hydrogen) atoms. The maximum absolute atomic E-state index is 9.04. The SMILES string of the molecule is Cc1cccc(C#N)c1Sc1cnn(C)c1. The molecule has 1 aromatic carbocycles. The van der Waals surface area contributed by atoms with Crippen LogP contribution in [0.3, 0.4) is 0 Å². The topological polar surface area (TPSA) is 41.6 Å². The molecule has 1 heterocycles.